The third kappa shape index (κ3) is 2.51. The molecule has 1 aromatic heterocycles. The molecule has 6 heteroatoms. The summed E-state index contributed by atoms with van der Waals surface area (Å²) in [6.07, 6.45) is 1.90. The first-order valence-corrected chi connectivity index (χ1v) is 5.16. The van der Waals surface area contributed by atoms with E-state index < -0.39 is 0 Å². The maximum Gasteiger partial charge on any atom is 0.157 e. The molecule has 0 atom stereocenters. The lowest BCUT2D eigenvalue weighted by atomic mass is 10.2. The molecular formula is C11H9ClN4O. The van der Waals surface area contributed by atoms with Crippen LogP contribution in [0.15, 0.2) is 30.6 Å². The predicted molar refractivity (Wildman–Crippen MR) is 66.6 cm³/mol. The van der Waals surface area contributed by atoms with Gasteiger partial charge in [-0.05, 0) is 18.2 Å². The van der Waals surface area contributed by atoms with Crippen LogP contribution in [0.25, 0.3) is 0 Å². The third-order valence-corrected chi connectivity index (χ3v) is 2.36. The number of nitrogens with zero attached hydrogens (tertiary/aromatic N) is 2. The Kier molecular flexibility index (Phi) is 3.20. The number of nitrogen functional groups attached to an aromatic ring is 1. The minimum absolute atomic E-state index is 0.138. The van der Waals surface area contributed by atoms with Gasteiger partial charge >= 0.3 is 0 Å². The molecule has 0 aliphatic carbocycles. The zero-order chi connectivity index (χ0) is 12.3. The van der Waals surface area contributed by atoms with Crippen molar-refractivity contribution >= 4 is 35.2 Å². The number of hydrogen-bond acceptors (Lipinski definition) is 5. The minimum atomic E-state index is 0.138. The van der Waals surface area contributed by atoms with E-state index >= 15 is 0 Å². The van der Waals surface area contributed by atoms with Crippen molar-refractivity contribution < 1.29 is 4.79 Å². The average Bonchev–Trinajstić information content (AvgIpc) is 2.29. The summed E-state index contributed by atoms with van der Waals surface area (Å²) in [7, 11) is 0. The van der Waals surface area contributed by atoms with E-state index in [0.29, 0.717) is 17.1 Å². The monoisotopic (exact) mass is 248 g/mol. The molecule has 0 spiro atoms. The Morgan fingerprint density at radius 3 is 2.88 bits per heavy atom. The predicted octanol–water partition coefficient (Wildman–Crippen LogP) is 2.27. The lowest BCUT2D eigenvalue weighted by Gasteiger charge is -2.08. The van der Waals surface area contributed by atoms with Crippen molar-refractivity contribution in [2.45, 2.75) is 0 Å². The first-order chi connectivity index (χ1) is 8.20. The molecule has 1 heterocycles. The number of nitrogens with two attached hydrogens (primary N) is 1. The van der Waals surface area contributed by atoms with Crippen LogP contribution in [-0.2, 0) is 0 Å². The van der Waals surface area contributed by atoms with Gasteiger partial charge in [0.1, 0.15) is 18.0 Å². The van der Waals surface area contributed by atoms with Crippen LogP contribution in [0.1, 0.15) is 10.4 Å². The quantitative estimate of drug-likeness (QED) is 0.815. The average molecular weight is 249 g/mol. The number of aromatic nitrogens is 2. The molecular weight excluding hydrogens is 240 g/mol. The molecule has 0 unspecified atom stereocenters. The molecule has 0 amide bonds. The van der Waals surface area contributed by atoms with Crippen molar-refractivity contribution in [1.82, 2.24) is 9.97 Å². The van der Waals surface area contributed by atoms with Crippen molar-refractivity contribution in [3.63, 3.8) is 0 Å². The van der Waals surface area contributed by atoms with Crippen LogP contribution in [0.4, 0.5) is 17.3 Å². The highest BCUT2D eigenvalue weighted by molar-refractivity contribution is 6.30. The lowest BCUT2D eigenvalue weighted by Crippen LogP contribution is -2.04. The van der Waals surface area contributed by atoms with Crippen LogP contribution >= 0.6 is 11.6 Å². The summed E-state index contributed by atoms with van der Waals surface area (Å²) in [6, 6.07) is 7.06. The number of nitrogens with one attached hydrogen (secondary N) is 1. The Hall–Kier alpha value is -2.14. The van der Waals surface area contributed by atoms with Gasteiger partial charge in [0.05, 0.1) is 5.56 Å². The van der Waals surface area contributed by atoms with Crippen LogP contribution in [0.2, 0.25) is 5.02 Å². The lowest BCUT2D eigenvalue weighted by molar-refractivity contribution is 0.112. The fourth-order valence-electron chi connectivity index (χ4n) is 1.33. The molecule has 5 nitrogen and oxygen atoms in total. The fourth-order valence-corrected chi connectivity index (χ4v) is 1.52. The van der Waals surface area contributed by atoms with E-state index in [1.54, 1.807) is 24.3 Å². The van der Waals surface area contributed by atoms with Crippen molar-refractivity contribution in [3.05, 3.63) is 41.2 Å². The minimum Gasteiger partial charge on any atom is -0.383 e. The van der Waals surface area contributed by atoms with Gasteiger partial charge in [-0.1, -0.05) is 17.7 Å². The maximum atomic E-state index is 10.9. The van der Waals surface area contributed by atoms with Gasteiger partial charge in [0.15, 0.2) is 6.29 Å². The van der Waals surface area contributed by atoms with E-state index in [4.69, 9.17) is 17.3 Å². The summed E-state index contributed by atoms with van der Waals surface area (Å²) in [5, 5.41) is 3.55. The van der Waals surface area contributed by atoms with Gasteiger partial charge in [-0.2, -0.15) is 0 Å². The summed E-state index contributed by atoms with van der Waals surface area (Å²) >= 11 is 5.85. The van der Waals surface area contributed by atoms with E-state index in [0.717, 1.165) is 5.69 Å². The number of benzene rings is 1. The Morgan fingerprint density at radius 2 is 2.18 bits per heavy atom. The van der Waals surface area contributed by atoms with Gasteiger partial charge in [0, 0.05) is 10.7 Å². The normalized spacial score (nSPS) is 9.94. The van der Waals surface area contributed by atoms with E-state index in [-0.39, 0.29) is 11.4 Å². The fraction of sp³-hybridized carbons (Fsp3) is 0. The van der Waals surface area contributed by atoms with Crippen LogP contribution < -0.4 is 11.1 Å². The molecule has 2 aromatic rings. The highest BCUT2D eigenvalue weighted by Crippen LogP contribution is 2.22. The van der Waals surface area contributed by atoms with Crippen molar-refractivity contribution in [2.75, 3.05) is 11.1 Å². The van der Waals surface area contributed by atoms with E-state index in [9.17, 15) is 4.79 Å². The number of aldehydes is 1. The maximum absolute atomic E-state index is 10.9. The molecule has 3 N–H and O–H groups in total. The molecule has 0 bridgehead atoms. The number of anilines is 3. The molecule has 17 heavy (non-hydrogen) atoms. The Morgan fingerprint density at radius 1 is 1.35 bits per heavy atom. The summed E-state index contributed by atoms with van der Waals surface area (Å²) < 4.78 is 0. The molecule has 86 valence electrons. The summed E-state index contributed by atoms with van der Waals surface area (Å²) in [5.74, 6) is 0.495. The second kappa shape index (κ2) is 4.80. The zero-order valence-corrected chi connectivity index (χ0v) is 9.48. The van der Waals surface area contributed by atoms with E-state index in [1.807, 2.05) is 0 Å². The van der Waals surface area contributed by atoms with Crippen molar-refractivity contribution in [2.24, 2.45) is 0 Å². The van der Waals surface area contributed by atoms with Gasteiger partial charge < -0.3 is 11.1 Å². The summed E-state index contributed by atoms with van der Waals surface area (Å²) in [5.41, 5.74) is 6.52. The molecule has 0 aliphatic rings. The van der Waals surface area contributed by atoms with Crippen LogP contribution in [0.5, 0.6) is 0 Å². The molecule has 0 aliphatic heterocycles. The topological polar surface area (TPSA) is 80.9 Å². The zero-order valence-electron chi connectivity index (χ0n) is 8.72. The number of halogens is 1. The van der Waals surface area contributed by atoms with E-state index in [2.05, 4.69) is 15.3 Å². The number of carbonyl (C=O) groups is 1. The van der Waals surface area contributed by atoms with Gasteiger partial charge in [0.25, 0.3) is 0 Å². The second-order valence-electron chi connectivity index (χ2n) is 3.27. The largest absolute Gasteiger partial charge is 0.383 e. The molecule has 0 saturated carbocycles. The highest BCUT2D eigenvalue weighted by atomic mass is 35.5. The Labute approximate surface area is 103 Å². The van der Waals surface area contributed by atoms with Crippen molar-refractivity contribution in [3.8, 4) is 0 Å². The Balaban J connectivity index is 2.36. The van der Waals surface area contributed by atoms with Crippen LogP contribution in [0.3, 0.4) is 0 Å². The molecule has 0 radical (unpaired) electrons. The number of rotatable bonds is 3. The molecule has 2 rings (SSSR count). The van der Waals surface area contributed by atoms with Gasteiger partial charge in [-0.3, -0.25) is 4.79 Å². The SMILES string of the molecule is Nc1ncnc(Nc2cccc(Cl)c2)c1C=O. The summed E-state index contributed by atoms with van der Waals surface area (Å²) in [4.78, 5) is 18.6. The first-order valence-electron chi connectivity index (χ1n) is 4.79. The van der Waals surface area contributed by atoms with Crippen molar-refractivity contribution in [1.29, 1.82) is 0 Å². The second-order valence-corrected chi connectivity index (χ2v) is 3.71. The molecule has 1 aromatic carbocycles. The smallest absolute Gasteiger partial charge is 0.157 e. The van der Waals surface area contributed by atoms with Gasteiger partial charge in [0.2, 0.25) is 0 Å². The van der Waals surface area contributed by atoms with Crippen LogP contribution in [-0.4, -0.2) is 16.3 Å². The third-order valence-electron chi connectivity index (χ3n) is 2.12. The Bertz CT molecular complexity index is 559. The standard InChI is InChI=1S/C11H9ClN4O/c12-7-2-1-3-8(4-7)16-11-9(5-17)10(13)14-6-15-11/h1-6H,(H3,13,14,15,16). The number of carbonyl (C=O) groups excluding carboxylic acids is 1. The highest BCUT2D eigenvalue weighted by Gasteiger charge is 2.08. The van der Waals surface area contributed by atoms with E-state index in [1.165, 1.54) is 6.33 Å². The van der Waals surface area contributed by atoms with Crippen LogP contribution in [0, 0.1) is 0 Å². The summed E-state index contributed by atoms with van der Waals surface area (Å²) in [6.45, 7) is 0. The van der Waals surface area contributed by atoms with Gasteiger partial charge in [-0.15, -0.1) is 0 Å². The molecule has 0 saturated heterocycles. The molecule has 0 fully saturated rings. The first kappa shape index (κ1) is 11.3. The van der Waals surface area contributed by atoms with Gasteiger partial charge in [-0.25, -0.2) is 9.97 Å². The number of hydrogen-bond donors (Lipinski definition) is 2.